The standard InChI is InChI=1S/C13H16O5/c1-16-12(14)9-4-2-5-10(8-9)18-13(15)11-6-3-7-17-11/h3,6-7,9-10H,2,4-5,8H2,1H3/t9-,10-/m0/s1. The van der Waals surface area contributed by atoms with Crippen LogP contribution in [0.15, 0.2) is 22.8 Å². The highest BCUT2D eigenvalue weighted by Gasteiger charge is 2.30. The van der Waals surface area contributed by atoms with Gasteiger partial charge in [0.2, 0.25) is 5.76 Å². The Bertz CT molecular complexity index is 409. The van der Waals surface area contributed by atoms with E-state index >= 15 is 0 Å². The largest absolute Gasteiger partial charge is 0.469 e. The van der Waals surface area contributed by atoms with Gasteiger partial charge in [-0.05, 0) is 37.8 Å². The van der Waals surface area contributed by atoms with Crippen LogP contribution in [0.25, 0.3) is 0 Å². The highest BCUT2D eigenvalue weighted by atomic mass is 16.6. The Morgan fingerprint density at radius 3 is 2.89 bits per heavy atom. The smallest absolute Gasteiger partial charge is 0.374 e. The van der Waals surface area contributed by atoms with Crippen molar-refractivity contribution in [3.05, 3.63) is 24.2 Å². The molecule has 0 saturated heterocycles. The van der Waals surface area contributed by atoms with Crippen molar-refractivity contribution in [1.29, 1.82) is 0 Å². The molecule has 2 rings (SSSR count). The lowest BCUT2D eigenvalue weighted by atomic mass is 9.87. The Labute approximate surface area is 105 Å². The van der Waals surface area contributed by atoms with Crippen molar-refractivity contribution in [1.82, 2.24) is 0 Å². The maximum Gasteiger partial charge on any atom is 0.374 e. The monoisotopic (exact) mass is 252 g/mol. The second kappa shape index (κ2) is 5.71. The summed E-state index contributed by atoms with van der Waals surface area (Å²) < 4.78 is 15.0. The van der Waals surface area contributed by atoms with E-state index in [4.69, 9.17) is 13.9 Å². The van der Waals surface area contributed by atoms with Gasteiger partial charge in [0.25, 0.3) is 0 Å². The van der Waals surface area contributed by atoms with Gasteiger partial charge in [-0.3, -0.25) is 4.79 Å². The molecule has 0 aliphatic heterocycles. The third kappa shape index (κ3) is 2.91. The van der Waals surface area contributed by atoms with Crippen LogP contribution in [-0.4, -0.2) is 25.2 Å². The molecular formula is C13H16O5. The average molecular weight is 252 g/mol. The van der Waals surface area contributed by atoms with Crippen LogP contribution in [0.2, 0.25) is 0 Å². The fraction of sp³-hybridized carbons (Fsp3) is 0.538. The van der Waals surface area contributed by atoms with Crippen molar-refractivity contribution in [2.45, 2.75) is 31.8 Å². The summed E-state index contributed by atoms with van der Waals surface area (Å²) in [5.41, 5.74) is 0. The maximum absolute atomic E-state index is 11.7. The van der Waals surface area contributed by atoms with E-state index in [1.54, 1.807) is 12.1 Å². The van der Waals surface area contributed by atoms with Gasteiger partial charge in [0, 0.05) is 0 Å². The number of methoxy groups -OCH3 is 1. The molecule has 5 nitrogen and oxygen atoms in total. The number of hydrogen-bond donors (Lipinski definition) is 0. The summed E-state index contributed by atoms with van der Waals surface area (Å²) in [6.07, 6.45) is 4.14. The van der Waals surface area contributed by atoms with Gasteiger partial charge in [-0.15, -0.1) is 0 Å². The zero-order valence-electron chi connectivity index (χ0n) is 10.3. The minimum absolute atomic E-state index is 0.168. The molecule has 0 aromatic carbocycles. The summed E-state index contributed by atoms with van der Waals surface area (Å²) in [7, 11) is 1.38. The summed E-state index contributed by atoms with van der Waals surface area (Å²) in [5.74, 6) is -0.683. The molecule has 1 fully saturated rings. The second-order valence-electron chi connectivity index (χ2n) is 4.39. The Balaban J connectivity index is 1.90. The molecule has 1 aliphatic rings. The van der Waals surface area contributed by atoms with Gasteiger partial charge in [0.15, 0.2) is 0 Å². The molecule has 0 bridgehead atoms. The summed E-state index contributed by atoms with van der Waals surface area (Å²) >= 11 is 0. The summed E-state index contributed by atoms with van der Waals surface area (Å²) in [4.78, 5) is 23.1. The van der Waals surface area contributed by atoms with E-state index in [0.717, 1.165) is 19.3 Å². The molecule has 1 aliphatic carbocycles. The predicted octanol–water partition coefficient (Wildman–Crippen LogP) is 2.17. The highest BCUT2D eigenvalue weighted by Crippen LogP contribution is 2.27. The lowest BCUT2D eigenvalue weighted by molar-refractivity contribution is -0.148. The molecule has 0 unspecified atom stereocenters. The molecule has 0 N–H and O–H groups in total. The minimum atomic E-state index is -0.476. The van der Waals surface area contributed by atoms with Crippen LogP contribution in [0, 0.1) is 5.92 Å². The third-order valence-electron chi connectivity index (χ3n) is 3.16. The predicted molar refractivity (Wildman–Crippen MR) is 61.9 cm³/mol. The van der Waals surface area contributed by atoms with E-state index < -0.39 is 5.97 Å². The van der Waals surface area contributed by atoms with Crippen LogP contribution in [0.3, 0.4) is 0 Å². The lowest BCUT2D eigenvalue weighted by Crippen LogP contribution is -2.30. The number of rotatable bonds is 3. The zero-order chi connectivity index (χ0) is 13.0. The molecular weight excluding hydrogens is 236 g/mol. The number of carbonyl (C=O) groups excluding carboxylic acids is 2. The number of esters is 2. The van der Waals surface area contributed by atoms with Gasteiger partial charge in [-0.1, -0.05) is 0 Å². The van der Waals surface area contributed by atoms with Gasteiger partial charge in [-0.2, -0.15) is 0 Å². The molecule has 1 aromatic heterocycles. The molecule has 0 radical (unpaired) electrons. The summed E-state index contributed by atoms with van der Waals surface area (Å²) in [6.45, 7) is 0. The first-order chi connectivity index (χ1) is 8.70. The molecule has 98 valence electrons. The van der Waals surface area contributed by atoms with Gasteiger partial charge in [0.05, 0.1) is 19.3 Å². The molecule has 2 atom stereocenters. The van der Waals surface area contributed by atoms with E-state index in [1.165, 1.54) is 13.4 Å². The van der Waals surface area contributed by atoms with Crippen LogP contribution >= 0.6 is 0 Å². The second-order valence-corrected chi connectivity index (χ2v) is 4.39. The van der Waals surface area contributed by atoms with Crippen molar-refractivity contribution < 1.29 is 23.5 Å². The van der Waals surface area contributed by atoms with Crippen molar-refractivity contribution in [3.63, 3.8) is 0 Å². The topological polar surface area (TPSA) is 65.7 Å². The number of carbonyl (C=O) groups is 2. The van der Waals surface area contributed by atoms with E-state index in [0.29, 0.717) is 6.42 Å². The minimum Gasteiger partial charge on any atom is -0.469 e. The van der Waals surface area contributed by atoms with Gasteiger partial charge in [0.1, 0.15) is 6.10 Å². The highest BCUT2D eigenvalue weighted by molar-refractivity contribution is 5.86. The van der Waals surface area contributed by atoms with Crippen molar-refractivity contribution in [2.75, 3.05) is 7.11 Å². The van der Waals surface area contributed by atoms with E-state index in [1.807, 2.05) is 0 Å². The first kappa shape index (κ1) is 12.7. The SMILES string of the molecule is COC(=O)[C@H]1CCC[C@H](OC(=O)c2ccco2)C1. The van der Waals surface area contributed by atoms with Crippen LogP contribution in [0.4, 0.5) is 0 Å². The Morgan fingerprint density at radius 1 is 1.39 bits per heavy atom. The van der Waals surface area contributed by atoms with Crippen molar-refractivity contribution in [2.24, 2.45) is 5.92 Å². The normalized spacial score (nSPS) is 23.4. The Hall–Kier alpha value is -1.78. The molecule has 0 amide bonds. The first-order valence-electron chi connectivity index (χ1n) is 6.03. The quantitative estimate of drug-likeness (QED) is 0.771. The van der Waals surface area contributed by atoms with Crippen LogP contribution in [0.1, 0.15) is 36.2 Å². The number of furan rings is 1. The average Bonchev–Trinajstić information content (AvgIpc) is 2.92. The lowest BCUT2D eigenvalue weighted by Gasteiger charge is -2.26. The van der Waals surface area contributed by atoms with E-state index in [9.17, 15) is 9.59 Å². The maximum atomic E-state index is 11.7. The molecule has 1 saturated carbocycles. The van der Waals surface area contributed by atoms with Crippen LogP contribution in [0.5, 0.6) is 0 Å². The first-order valence-corrected chi connectivity index (χ1v) is 6.03. The molecule has 1 aromatic rings. The molecule has 0 spiro atoms. The molecule has 18 heavy (non-hydrogen) atoms. The van der Waals surface area contributed by atoms with E-state index in [-0.39, 0.29) is 23.8 Å². The van der Waals surface area contributed by atoms with Crippen molar-refractivity contribution >= 4 is 11.9 Å². The van der Waals surface area contributed by atoms with Crippen molar-refractivity contribution in [3.8, 4) is 0 Å². The summed E-state index contributed by atoms with van der Waals surface area (Å²) in [6, 6.07) is 3.19. The van der Waals surface area contributed by atoms with E-state index in [2.05, 4.69) is 0 Å². The summed E-state index contributed by atoms with van der Waals surface area (Å²) in [5, 5.41) is 0. The fourth-order valence-corrected chi connectivity index (χ4v) is 2.24. The number of ether oxygens (including phenoxy) is 2. The third-order valence-corrected chi connectivity index (χ3v) is 3.16. The Kier molecular flexibility index (Phi) is 4.02. The van der Waals surface area contributed by atoms with Gasteiger partial charge >= 0.3 is 11.9 Å². The Morgan fingerprint density at radius 2 is 2.22 bits per heavy atom. The molecule has 5 heteroatoms. The van der Waals surface area contributed by atoms with Crippen LogP contribution < -0.4 is 0 Å². The fourth-order valence-electron chi connectivity index (χ4n) is 2.24. The van der Waals surface area contributed by atoms with Gasteiger partial charge < -0.3 is 13.9 Å². The van der Waals surface area contributed by atoms with Crippen LogP contribution in [-0.2, 0) is 14.3 Å². The molecule has 1 heterocycles. The van der Waals surface area contributed by atoms with Gasteiger partial charge in [-0.25, -0.2) is 4.79 Å². The number of hydrogen-bond acceptors (Lipinski definition) is 5. The zero-order valence-corrected chi connectivity index (χ0v) is 10.3.